The third-order valence-electron chi connectivity index (χ3n) is 3.56. The molecule has 0 unspecified atom stereocenters. The van der Waals surface area contributed by atoms with Gasteiger partial charge in [0.15, 0.2) is 17.3 Å². The van der Waals surface area contributed by atoms with Crippen molar-refractivity contribution in [3.63, 3.8) is 0 Å². The van der Waals surface area contributed by atoms with E-state index < -0.39 is 17.3 Å². The van der Waals surface area contributed by atoms with E-state index in [-0.39, 0.29) is 33.8 Å². The lowest BCUT2D eigenvalue weighted by Crippen LogP contribution is -2.20. The summed E-state index contributed by atoms with van der Waals surface area (Å²) in [5.74, 6) is -1.77. The summed E-state index contributed by atoms with van der Waals surface area (Å²) in [6, 6.07) is 1.25. The number of fused-ring (bicyclic) bond motifs is 1. The van der Waals surface area contributed by atoms with Crippen molar-refractivity contribution in [3.05, 3.63) is 64.5 Å². The molecule has 23 heavy (non-hydrogen) atoms. The first-order chi connectivity index (χ1) is 10.9. The van der Waals surface area contributed by atoms with E-state index in [1.54, 1.807) is 19.1 Å². The van der Waals surface area contributed by atoms with Gasteiger partial charge >= 0.3 is 0 Å². The van der Waals surface area contributed by atoms with Gasteiger partial charge < -0.3 is 9.84 Å². The van der Waals surface area contributed by atoms with Crippen LogP contribution in [0.4, 0.5) is 0 Å². The molecular formula is C18H16O5. The molecule has 1 aromatic rings. The molecule has 0 bridgehead atoms. The molecule has 1 aliphatic rings. The molecule has 0 heterocycles. The summed E-state index contributed by atoms with van der Waals surface area (Å²) in [6.45, 7) is 3.30. The highest BCUT2D eigenvalue weighted by atomic mass is 16.5. The molecule has 118 valence electrons. The molecule has 5 heteroatoms. The Kier molecular flexibility index (Phi) is 4.60. The Bertz CT molecular complexity index is 794. The van der Waals surface area contributed by atoms with Crippen LogP contribution in [0.2, 0.25) is 0 Å². The number of ketones is 3. The third kappa shape index (κ3) is 2.85. The molecule has 0 saturated carbocycles. The number of carbonyl (C=O) groups excluding carboxylic acids is 3. The van der Waals surface area contributed by atoms with E-state index in [1.807, 2.05) is 0 Å². The van der Waals surface area contributed by atoms with E-state index >= 15 is 0 Å². The lowest BCUT2D eigenvalue weighted by Gasteiger charge is -2.18. The van der Waals surface area contributed by atoms with E-state index in [9.17, 15) is 19.5 Å². The average molecular weight is 312 g/mol. The van der Waals surface area contributed by atoms with Crippen LogP contribution in [0.5, 0.6) is 5.75 Å². The standard InChI is InChI=1S/C18H16O5/c1-4-5-6-7-13(19)12-8-11-14(20)9-15(23-3)18(22)16(11)10(2)17(12)21/h4-9,21H,1-3H3/b5-4+,7-6+. The molecule has 5 nitrogen and oxygen atoms in total. The number of methoxy groups -OCH3 is 1. The largest absolute Gasteiger partial charge is 0.507 e. The predicted molar refractivity (Wildman–Crippen MR) is 84.9 cm³/mol. The number of ether oxygens (including phenoxy) is 1. The maximum Gasteiger partial charge on any atom is 0.228 e. The lowest BCUT2D eigenvalue weighted by molar-refractivity contribution is 0.0915. The topological polar surface area (TPSA) is 80.7 Å². The minimum Gasteiger partial charge on any atom is -0.507 e. The average Bonchev–Trinajstić information content (AvgIpc) is 2.53. The van der Waals surface area contributed by atoms with Gasteiger partial charge in [0.05, 0.1) is 12.7 Å². The quantitative estimate of drug-likeness (QED) is 0.525. The number of phenolic OH excluding ortho intramolecular Hbond substituents is 1. The van der Waals surface area contributed by atoms with E-state index in [0.29, 0.717) is 0 Å². The summed E-state index contributed by atoms with van der Waals surface area (Å²) < 4.78 is 4.89. The van der Waals surface area contributed by atoms with Gasteiger partial charge in [0.25, 0.3) is 0 Å². The number of hydrogen-bond donors (Lipinski definition) is 1. The number of allylic oxidation sites excluding steroid dienone is 6. The van der Waals surface area contributed by atoms with E-state index in [4.69, 9.17) is 4.74 Å². The van der Waals surface area contributed by atoms with Crippen molar-refractivity contribution < 1.29 is 24.2 Å². The first-order valence-electron chi connectivity index (χ1n) is 6.97. The Morgan fingerprint density at radius 3 is 2.57 bits per heavy atom. The number of rotatable bonds is 4. The second-order valence-corrected chi connectivity index (χ2v) is 4.98. The monoisotopic (exact) mass is 312 g/mol. The van der Waals surface area contributed by atoms with Crippen LogP contribution in [0, 0.1) is 6.92 Å². The van der Waals surface area contributed by atoms with Crippen molar-refractivity contribution in [2.75, 3.05) is 7.11 Å². The summed E-state index contributed by atoms with van der Waals surface area (Å²) in [4.78, 5) is 36.6. The summed E-state index contributed by atoms with van der Waals surface area (Å²) in [7, 11) is 1.29. The molecule has 1 aliphatic carbocycles. The molecule has 1 aromatic carbocycles. The number of hydrogen-bond acceptors (Lipinski definition) is 5. The zero-order valence-corrected chi connectivity index (χ0v) is 13.0. The van der Waals surface area contributed by atoms with Gasteiger partial charge in [-0.1, -0.05) is 18.2 Å². The Labute approximate surface area is 133 Å². The van der Waals surface area contributed by atoms with Crippen molar-refractivity contribution >= 4 is 17.3 Å². The van der Waals surface area contributed by atoms with Gasteiger partial charge in [-0.25, -0.2) is 0 Å². The summed E-state index contributed by atoms with van der Waals surface area (Å²) >= 11 is 0. The van der Waals surface area contributed by atoms with Crippen LogP contribution < -0.4 is 0 Å². The van der Waals surface area contributed by atoms with E-state index in [2.05, 4.69) is 0 Å². The first kappa shape index (κ1) is 16.4. The summed E-state index contributed by atoms with van der Waals surface area (Å²) in [6.07, 6.45) is 7.33. The molecule has 0 spiro atoms. The van der Waals surface area contributed by atoms with Gasteiger partial charge in [-0.2, -0.15) is 0 Å². The third-order valence-corrected chi connectivity index (χ3v) is 3.56. The fourth-order valence-electron chi connectivity index (χ4n) is 2.36. The van der Waals surface area contributed by atoms with Crippen molar-refractivity contribution in [1.29, 1.82) is 0 Å². The van der Waals surface area contributed by atoms with Crippen molar-refractivity contribution in [1.82, 2.24) is 0 Å². The van der Waals surface area contributed by atoms with Crippen LogP contribution in [0.15, 0.2) is 42.2 Å². The van der Waals surface area contributed by atoms with Gasteiger partial charge in [-0.15, -0.1) is 0 Å². The summed E-state index contributed by atoms with van der Waals surface area (Å²) in [5, 5.41) is 10.2. The molecule has 0 aromatic heterocycles. The van der Waals surface area contributed by atoms with Crippen LogP contribution in [-0.4, -0.2) is 29.6 Å². The highest BCUT2D eigenvalue weighted by Gasteiger charge is 2.31. The highest BCUT2D eigenvalue weighted by molar-refractivity contribution is 6.25. The summed E-state index contributed by atoms with van der Waals surface area (Å²) in [5.41, 5.74) is 0.332. The van der Waals surface area contributed by atoms with Crippen LogP contribution in [0.1, 0.15) is 43.6 Å². The van der Waals surface area contributed by atoms with Crippen LogP contribution in [-0.2, 0) is 4.74 Å². The van der Waals surface area contributed by atoms with Gasteiger partial charge in [-0.3, -0.25) is 14.4 Å². The van der Waals surface area contributed by atoms with E-state index in [0.717, 1.165) is 6.08 Å². The smallest absolute Gasteiger partial charge is 0.228 e. The van der Waals surface area contributed by atoms with Gasteiger partial charge in [-0.05, 0) is 26.0 Å². The zero-order valence-electron chi connectivity index (χ0n) is 13.0. The van der Waals surface area contributed by atoms with Crippen molar-refractivity contribution in [2.45, 2.75) is 13.8 Å². The number of Topliss-reactive ketones (excluding diaryl/α,β-unsaturated/α-hetero) is 1. The Morgan fingerprint density at radius 2 is 1.96 bits per heavy atom. The SMILES string of the molecule is C/C=C/C=C/C(=O)c1cc2c(c(C)c1O)C(=O)C(OC)=CC2=O. The molecule has 0 fully saturated rings. The zero-order chi connectivity index (χ0) is 17.1. The van der Waals surface area contributed by atoms with Crippen molar-refractivity contribution in [3.8, 4) is 5.75 Å². The number of carbonyl (C=O) groups is 3. The Morgan fingerprint density at radius 1 is 1.26 bits per heavy atom. The number of aromatic hydroxyl groups is 1. The number of phenols is 1. The minimum atomic E-state index is -0.488. The predicted octanol–water partition coefficient (Wildman–Crippen LogP) is 2.92. The molecular weight excluding hydrogens is 296 g/mol. The molecule has 0 amide bonds. The first-order valence-corrected chi connectivity index (χ1v) is 6.97. The Balaban J connectivity index is 2.61. The molecule has 0 atom stereocenters. The number of benzene rings is 1. The molecule has 0 radical (unpaired) electrons. The van der Waals surface area contributed by atoms with Crippen LogP contribution >= 0.6 is 0 Å². The highest BCUT2D eigenvalue weighted by Crippen LogP contribution is 2.33. The molecule has 0 saturated heterocycles. The van der Waals surface area contributed by atoms with Gasteiger partial charge in [0, 0.05) is 22.8 Å². The fraction of sp³-hybridized carbons (Fsp3) is 0.167. The molecule has 1 N–H and O–H groups in total. The maximum absolute atomic E-state index is 12.3. The normalized spacial score (nSPS) is 14.3. The van der Waals surface area contributed by atoms with E-state index in [1.165, 1.54) is 32.3 Å². The van der Waals surface area contributed by atoms with Crippen LogP contribution in [0.25, 0.3) is 0 Å². The van der Waals surface area contributed by atoms with Crippen molar-refractivity contribution in [2.24, 2.45) is 0 Å². The van der Waals surface area contributed by atoms with Gasteiger partial charge in [0.1, 0.15) is 5.75 Å². The Hall–Kier alpha value is -2.95. The van der Waals surface area contributed by atoms with Crippen LogP contribution in [0.3, 0.4) is 0 Å². The maximum atomic E-state index is 12.3. The minimum absolute atomic E-state index is 0.0163. The fourth-order valence-corrected chi connectivity index (χ4v) is 2.36. The lowest BCUT2D eigenvalue weighted by atomic mass is 9.86. The second-order valence-electron chi connectivity index (χ2n) is 4.98. The molecule has 2 rings (SSSR count). The van der Waals surface area contributed by atoms with Gasteiger partial charge in [0.2, 0.25) is 5.78 Å². The second kappa shape index (κ2) is 6.44. The molecule has 0 aliphatic heterocycles.